The van der Waals surface area contributed by atoms with Gasteiger partial charge in [-0.05, 0) is 66.5 Å². The minimum Gasteiger partial charge on any atom is -0.462 e. The van der Waals surface area contributed by atoms with E-state index in [1.165, 1.54) is 14.0 Å². The van der Waals surface area contributed by atoms with E-state index in [0.717, 1.165) is 0 Å². The highest BCUT2D eigenvalue weighted by atomic mass is 16.7. The first-order valence-electron chi connectivity index (χ1n) is 20.5. The molecule has 0 aromatic heterocycles. The van der Waals surface area contributed by atoms with Crippen molar-refractivity contribution in [3.63, 3.8) is 0 Å². The van der Waals surface area contributed by atoms with Crippen LogP contribution in [0.2, 0.25) is 0 Å². The van der Waals surface area contributed by atoms with Crippen molar-refractivity contribution >= 4 is 24.2 Å². The van der Waals surface area contributed by atoms with Crippen LogP contribution < -0.4 is 0 Å². The molecule has 1 unspecified atom stereocenters. The number of allylic oxidation sites excluding steroid dienone is 2. The van der Waals surface area contributed by atoms with Gasteiger partial charge in [-0.3, -0.25) is 14.4 Å². The number of cyclic esters (lactones) is 1. The number of hydrogen-bond donors (Lipinski definition) is 3. The molecule has 0 amide bonds. The van der Waals surface area contributed by atoms with Gasteiger partial charge in [0.2, 0.25) is 0 Å². The molecule has 3 aliphatic rings. The van der Waals surface area contributed by atoms with Crippen molar-refractivity contribution in [3.05, 3.63) is 24.3 Å². The van der Waals surface area contributed by atoms with Gasteiger partial charge in [0.05, 0.1) is 42.8 Å². The van der Waals surface area contributed by atoms with Crippen LogP contribution in [-0.4, -0.2) is 151 Å². The Bertz CT molecular complexity index is 1390. The second-order valence-electron chi connectivity index (χ2n) is 16.6. The quantitative estimate of drug-likeness (QED) is 0.147. The van der Waals surface area contributed by atoms with Crippen LogP contribution in [0.3, 0.4) is 0 Å². The van der Waals surface area contributed by atoms with Crippen LogP contribution in [-0.2, 0) is 57.1 Å². The van der Waals surface area contributed by atoms with Crippen LogP contribution >= 0.6 is 0 Å². The zero-order valence-electron chi connectivity index (χ0n) is 36.1. The molecule has 3 rings (SSSR count). The fourth-order valence-corrected chi connectivity index (χ4v) is 7.96. The van der Waals surface area contributed by atoms with E-state index in [2.05, 4.69) is 0 Å². The molecule has 3 aliphatic heterocycles. The lowest BCUT2D eigenvalue weighted by atomic mass is 9.82. The van der Waals surface area contributed by atoms with Gasteiger partial charge in [-0.2, -0.15) is 0 Å². The predicted octanol–water partition coefficient (Wildman–Crippen LogP) is 3.01. The molecule has 0 aliphatic carbocycles. The number of nitrogens with zero attached hydrogens (tertiary/aromatic N) is 1. The Labute approximate surface area is 343 Å². The highest BCUT2D eigenvalue weighted by Gasteiger charge is 2.53. The van der Waals surface area contributed by atoms with Crippen molar-refractivity contribution in [1.82, 2.24) is 4.90 Å². The summed E-state index contributed by atoms with van der Waals surface area (Å²) in [6.07, 6.45) is -3.73. The zero-order valence-corrected chi connectivity index (χ0v) is 36.1. The van der Waals surface area contributed by atoms with E-state index in [1.54, 1.807) is 77.9 Å². The molecule has 17 atom stereocenters. The Morgan fingerprint density at radius 3 is 2.31 bits per heavy atom. The van der Waals surface area contributed by atoms with E-state index < -0.39 is 121 Å². The average Bonchev–Trinajstić information content (AvgIpc) is 3.12. The summed E-state index contributed by atoms with van der Waals surface area (Å²) < 4.78 is 48.6. The molecule has 0 saturated carbocycles. The van der Waals surface area contributed by atoms with Gasteiger partial charge in [0.1, 0.15) is 42.4 Å². The van der Waals surface area contributed by atoms with Crippen LogP contribution in [0, 0.1) is 17.8 Å². The standard InChI is InChI=1S/C42H69NO15/c1-12-23(2)40(49)58-39-27(6)53-33(22-42(39,8)50)56-36-26(5)54-41(35(48)34(36)43(9)10)57-37-29(18-19-44)20-24(3)30(46)17-15-13-14-16-25(4)52-32(47)21-31(38(37)51-11)55-28(7)45/h13-15,17,19,23-27,29-31,33-39,41,46,48,50H,12,16,18,20-22H2,1-11H3/b14-13+,17-15+/t23?,24-,25-,26-,27+,29+,30+,31-,33+,34-,35-,36-,37+,38+,39+,41+,42-/m1/s1. The largest absolute Gasteiger partial charge is 0.462 e. The van der Waals surface area contributed by atoms with Crippen molar-refractivity contribution in [2.75, 3.05) is 21.2 Å². The van der Waals surface area contributed by atoms with Gasteiger partial charge in [-0.25, -0.2) is 0 Å². The number of aliphatic hydroxyl groups excluding tert-OH is 2. The normalized spacial score (nSPS) is 41.2. The van der Waals surface area contributed by atoms with Crippen molar-refractivity contribution < 1.29 is 72.4 Å². The van der Waals surface area contributed by atoms with Crippen LogP contribution in [0.25, 0.3) is 0 Å². The maximum absolute atomic E-state index is 13.2. The Morgan fingerprint density at radius 2 is 1.72 bits per heavy atom. The van der Waals surface area contributed by atoms with Crippen LogP contribution in [0.1, 0.15) is 93.9 Å². The topological polar surface area (TPSA) is 206 Å². The number of carbonyl (C=O) groups excluding carboxylic acids is 4. The number of carbonyl (C=O) groups is 4. The van der Waals surface area contributed by atoms with E-state index in [9.17, 15) is 34.5 Å². The van der Waals surface area contributed by atoms with E-state index in [1.807, 2.05) is 13.8 Å². The smallest absolute Gasteiger partial charge is 0.309 e. The number of rotatable bonds is 12. The Morgan fingerprint density at radius 1 is 1.03 bits per heavy atom. The zero-order chi connectivity index (χ0) is 43.5. The van der Waals surface area contributed by atoms with Crippen LogP contribution in [0.5, 0.6) is 0 Å². The molecule has 2 saturated heterocycles. The fourth-order valence-electron chi connectivity index (χ4n) is 7.96. The van der Waals surface area contributed by atoms with Gasteiger partial charge < -0.3 is 62.9 Å². The summed E-state index contributed by atoms with van der Waals surface area (Å²) in [5, 5.41) is 34.6. The lowest BCUT2D eigenvalue weighted by Gasteiger charge is -2.50. The molecule has 0 aromatic rings. The number of hydrogen-bond acceptors (Lipinski definition) is 16. The number of esters is 3. The molecule has 2 fully saturated rings. The molecule has 3 N–H and O–H groups in total. The second-order valence-corrected chi connectivity index (χ2v) is 16.6. The van der Waals surface area contributed by atoms with Crippen molar-refractivity contribution in [3.8, 4) is 0 Å². The Balaban J connectivity index is 1.98. The minimum absolute atomic E-state index is 0.0472. The first kappa shape index (κ1) is 49.6. The molecule has 332 valence electrons. The molecule has 3 heterocycles. The van der Waals surface area contributed by atoms with Gasteiger partial charge in [-0.15, -0.1) is 0 Å². The average molecular weight is 828 g/mol. The van der Waals surface area contributed by atoms with Crippen molar-refractivity contribution in [2.45, 2.75) is 179 Å². The molecular formula is C42H69NO15. The van der Waals surface area contributed by atoms with Gasteiger partial charge in [0, 0.05) is 33.3 Å². The number of likely N-dealkylation sites (N-methyl/N-ethyl adjacent to an activating group) is 1. The van der Waals surface area contributed by atoms with E-state index >= 15 is 0 Å². The first-order chi connectivity index (χ1) is 27.2. The minimum atomic E-state index is -1.50. The highest BCUT2D eigenvalue weighted by molar-refractivity contribution is 5.72. The van der Waals surface area contributed by atoms with Crippen molar-refractivity contribution in [2.24, 2.45) is 17.8 Å². The summed E-state index contributed by atoms with van der Waals surface area (Å²) in [5.41, 5.74) is -1.50. The molecule has 0 bridgehead atoms. The van der Waals surface area contributed by atoms with E-state index in [-0.39, 0.29) is 25.2 Å². The van der Waals surface area contributed by atoms with Gasteiger partial charge in [0.15, 0.2) is 18.7 Å². The van der Waals surface area contributed by atoms with Crippen LogP contribution in [0.4, 0.5) is 0 Å². The molecular weight excluding hydrogens is 758 g/mol. The van der Waals surface area contributed by atoms with E-state index in [4.69, 9.17) is 37.9 Å². The SMILES string of the molecule is CCC(C)C(=O)O[C@H]1[C@H](C)O[C@@H](O[C@H]2[C@H](N(C)C)[C@@H](O)[C@H](O[C@H]3[C@@H](CC=O)C[C@@H](C)[C@@H](O)/C=C/C=C/C[C@@H](C)OC(=O)C[C@@H](OC(C)=O)[C@@H]3OC)O[C@@H]2C)C[C@@]1(C)O. The molecule has 58 heavy (non-hydrogen) atoms. The lowest BCUT2D eigenvalue weighted by Crippen LogP contribution is -2.66. The molecule has 0 spiro atoms. The fraction of sp³-hybridized carbons (Fsp3) is 0.810. The van der Waals surface area contributed by atoms with Gasteiger partial charge in [0.25, 0.3) is 0 Å². The lowest BCUT2D eigenvalue weighted by molar-refractivity contribution is -0.344. The summed E-state index contributed by atoms with van der Waals surface area (Å²) >= 11 is 0. The number of ether oxygens (including phenoxy) is 8. The number of methoxy groups -OCH3 is 1. The van der Waals surface area contributed by atoms with Gasteiger partial charge >= 0.3 is 17.9 Å². The summed E-state index contributed by atoms with van der Waals surface area (Å²) in [7, 11) is 4.86. The third kappa shape index (κ3) is 13.6. The van der Waals surface area contributed by atoms with Crippen molar-refractivity contribution in [1.29, 1.82) is 0 Å². The maximum atomic E-state index is 13.2. The third-order valence-corrected chi connectivity index (χ3v) is 11.3. The van der Waals surface area contributed by atoms with E-state index in [0.29, 0.717) is 19.1 Å². The molecule has 0 radical (unpaired) electrons. The summed E-state index contributed by atoms with van der Waals surface area (Å²) in [5.74, 6) is -3.24. The summed E-state index contributed by atoms with van der Waals surface area (Å²) in [4.78, 5) is 52.4. The third-order valence-electron chi connectivity index (χ3n) is 11.3. The predicted molar refractivity (Wildman–Crippen MR) is 210 cm³/mol. The monoisotopic (exact) mass is 827 g/mol. The summed E-state index contributed by atoms with van der Waals surface area (Å²) in [6.45, 7) is 13.4. The second kappa shape index (κ2) is 22.7. The van der Waals surface area contributed by atoms with Gasteiger partial charge in [-0.1, -0.05) is 45.1 Å². The first-order valence-corrected chi connectivity index (χ1v) is 20.5. The molecule has 16 nitrogen and oxygen atoms in total. The highest BCUT2D eigenvalue weighted by Crippen LogP contribution is 2.38. The van der Waals surface area contributed by atoms with Crippen LogP contribution in [0.15, 0.2) is 24.3 Å². The molecule has 0 aromatic carbocycles. The Hall–Kier alpha value is -2.80. The number of aliphatic hydroxyl groups is 3. The maximum Gasteiger partial charge on any atom is 0.309 e. The number of aldehydes is 1. The Kier molecular flexibility index (Phi) is 19.4. The molecule has 16 heteroatoms. The summed E-state index contributed by atoms with van der Waals surface area (Å²) in [6, 6.07) is -0.782.